The summed E-state index contributed by atoms with van der Waals surface area (Å²) < 4.78 is 16.3. The molecule has 198 valence electrons. The van der Waals surface area contributed by atoms with E-state index < -0.39 is 5.54 Å². The number of carbonyl (C=O) groups is 2. The van der Waals surface area contributed by atoms with Crippen LogP contribution in [0.4, 0.5) is 0 Å². The SMILES string of the molecule is CCc1ccc(C(=O)N(CC(=O)N(CCc2ccc(OC)c(OC)c2)Cc2ccco2)C(C)(C)C)cc1. The van der Waals surface area contributed by atoms with Gasteiger partial charge in [0, 0.05) is 17.6 Å². The number of carbonyl (C=O) groups excluding carboxylic acids is 2. The number of methoxy groups -OCH3 is 2. The van der Waals surface area contributed by atoms with E-state index in [-0.39, 0.29) is 18.4 Å². The van der Waals surface area contributed by atoms with E-state index in [1.54, 1.807) is 36.3 Å². The summed E-state index contributed by atoms with van der Waals surface area (Å²) in [5.41, 5.74) is 2.20. The van der Waals surface area contributed by atoms with Crippen LogP contribution >= 0.6 is 0 Å². The molecular formula is C30H38N2O5. The van der Waals surface area contributed by atoms with Crippen molar-refractivity contribution in [3.8, 4) is 11.5 Å². The number of aryl methyl sites for hydroxylation is 1. The lowest BCUT2D eigenvalue weighted by Gasteiger charge is -2.37. The first-order valence-corrected chi connectivity index (χ1v) is 12.6. The van der Waals surface area contributed by atoms with Crippen molar-refractivity contribution in [1.82, 2.24) is 9.80 Å². The van der Waals surface area contributed by atoms with Crippen molar-refractivity contribution in [3.05, 3.63) is 83.3 Å². The highest BCUT2D eigenvalue weighted by Crippen LogP contribution is 2.28. The van der Waals surface area contributed by atoms with Crippen LogP contribution < -0.4 is 9.47 Å². The van der Waals surface area contributed by atoms with Crippen LogP contribution in [-0.2, 0) is 24.2 Å². The molecule has 1 aromatic heterocycles. The number of ether oxygens (including phenoxy) is 2. The molecular weight excluding hydrogens is 468 g/mol. The minimum absolute atomic E-state index is 0.0372. The van der Waals surface area contributed by atoms with Gasteiger partial charge in [0.05, 0.1) is 27.0 Å². The number of benzene rings is 2. The zero-order valence-electron chi connectivity index (χ0n) is 22.7. The van der Waals surface area contributed by atoms with Gasteiger partial charge in [-0.3, -0.25) is 9.59 Å². The zero-order valence-corrected chi connectivity index (χ0v) is 22.7. The van der Waals surface area contributed by atoms with Gasteiger partial charge in [0.1, 0.15) is 12.3 Å². The molecule has 0 fully saturated rings. The van der Waals surface area contributed by atoms with Crippen molar-refractivity contribution in [2.45, 2.75) is 52.6 Å². The van der Waals surface area contributed by atoms with Crippen molar-refractivity contribution < 1.29 is 23.5 Å². The van der Waals surface area contributed by atoms with E-state index in [2.05, 4.69) is 6.92 Å². The molecule has 0 atom stereocenters. The van der Waals surface area contributed by atoms with Gasteiger partial charge < -0.3 is 23.7 Å². The van der Waals surface area contributed by atoms with Crippen LogP contribution in [0.5, 0.6) is 11.5 Å². The van der Waals surface area contributed by atoms with Crippen LogP contribution in [0.1, 0.15) is 54.9 Å². The van der Waals surface area contributed by atoms with Crippen molar-refractivity contribution in [3.63, 3.8) is 0 Å². The average Bonchev–Trinajstić information content (AvgIpc) is 3.41. The second-order valence-electron chi connectivity index (χ2n) is 9.95. The average molecular weight is 507 g/mol. The van der Waals surface area contributed by atoms with E-state index in [9.17, 15) is 9.59 Å². The van der Waals surface area contributed by atoms with Crippen LogP contribution in [0.2, 0.25) is 0 Å². The van der Waals surface area contributed by atoms with Crippen molar-refractivity contribution in [2.75, 3.05) is 27.3 Å². The van der Waals surface area contributed by atoms with Crippen LogP contribution in [0.25, 0.3) is 0 Å². The molecule has 0 bridgehead atoms. The van der Waals surface area contributed by atoms with Crippen LogP contribution in [-0.4, -0.2) is 54.5 Å². The fourth-order valence-electron chi connectivity index (χ4n) is 4.07. The number of furan rings is 1. The van der Waals surface area contributed by atoms with Gasteiger partial charge in [-0.1, -0.05) is 25.1 Å². The lowest BCUT2D eigenvalue weighted by Crippen LogP contribution is -2.51. The quantitative estimate of drug-likeness (QED) is 0.350. The molecule has 7 heteroatoms. The number of hydrogen-bond donors (Lipinski definition) is 0. The molecule has 3 rings (SSSR count). The third-order valence-electron chi connectivity index (χ3n) is 6.36. The largest absolute Gasteiger partial charge is 0.493 e. The first kappa shape index (κ1) is 27.8. The molecule has 2 amide bonds. The molecule has 7 nitrogen and oxygen atoms in total. The van der Waals surface area contributed by atoms with E-state index in [0.29, 0.717) is 42.3 Å². The van der Waals surface area contributed by atoms with E-state index in [4.69, 9.17) is 13.9 Å². The minimum Gasteiger partial charge on any atom is -0.493 e. The smallest absolute Gasteiger partial charge is 0.254 e. The first-order valence-electron chi connectivity index (χ1n) is 12.6. The summed E-state index contributed by atoms with van der Waals surface area (Å²) >= 11 is 0. The molecule has 0 aliphatic rings. The summed E-state index contributed by atoms with van der Waals surface area (Å²) in [7, 11) is 3.20. The Morgan fingerprint density at radius 1 is 0.919 bits per heavy atom. The molecule has 0 N–H and O–H groups in total. The molecule has 1 heterocycles. The van der Waals surface area contributed by atoms with Gasteiger partial charge in [-0.25, -0.2) is 0 Å². The Kier molecular flexibility index (Phi) is 9.39. The fourth-order valence-corrected chi connectivity index (χ4v) is 4.07. The molecule has 37 heavy (non-hydrogen) atoms. The Bertz CT molecular complexity index is 1160. The lowest BCUT2D eigenvalue weighted by molar-refractivity contribution is -0.133. The molecule has 0 spiro atoms. The Morgan fingerprint density at radius 3 is 2.16 bits per heavy atom. The maximum Gasteiger partial charge on any atom is 0.254 e. The standard InChI is InChI=1S/C30H38N2O5/c1-7-22-10-13-24(14-11-22)29(34)32(30(2,3)4)21-28(33)31(20-25-9-8-18-37-25)17-16-23-12-15-26(35-5)27(19-23)36-6/h8-15,18-19H,7,16-17,20-21H2,1-6H3. The predicted molar refractivity (Wildman–Crippen MR) is 144 cm³/mol. The number of rotatable bonds is 11. The lowest BCUT2D eigenvalue weighted by atomic mass is 10.0. The van der Waals surface area contributed by atoms with Crippen LogP contribution in [0.15, 0.2) is 65.3 Å². The van der Waals surface area contributed by atoms with E-state index in [1.807, 2.05) is 69.3 Å². The summed E-state index contributed by atoms with van der Waals surface area (Å²) in [4.78, 5) is 30.5. The van der Waals surface area contributed by atoms with E-state index in [1.165, 1.54) is 0 Å². The van der Waals surface area contributed by atoms with Gasteiger partial charge in [-0.2, -0.15) is 0 Å². The van der Waals surface area contributed by atoms with E-state index >= 15 is 0 Å². The Morgan fingerprint density at radius 2 is 1.59 bits per heavy atom. The normalized spacial score (nSPS) is 11.2. The van der Waals surface area contributed by atoms with Gasteiger partial charge >= 0.3 is 0 Å². The second-order valence-corrected chi connectivity index (χ2v) is 9.95. The number of amides is 2. The molecule has 0 radical (unpaired) electrons. The third kappa shape index (κ3) is 7.38. The van der Waals surface area contributed by atoms with E-state index in [0.717, 1.165) is 17.5 Å². The summed E-state index contributed by atoms with van der Waals surface area (Å²) in [5, 5.41) is 0. The molecule has 0 saturated heterocycles. The Hall–Kier alpha value is -3.74. The van der Waals surface area contributed by atoms with Crippen LogP contribution in [0, 0.1) is 0 Å². The van der Waals surface area contributed by atoms with Gasteiger partial charge in [-0.15, -0.1) is 0 Å². The maximum atomic E-state index is 13.7. The third-order valence-corrected chi connectivity index (χ3v) is 6.36. The van der Waals surface area contributed by atoms with Gasteiger partial charge in [0.25, 0.3) is 5.91 Å². The molecule has 2 aromatic carbocycles. The van der Waals surface area contributed by atoms with Crippen LogP contribution in [0.3, 0.4) is 0 Å². The van der Waals surface area contributed by atoms with Crippen molar-refractivity contribution >= 4 is 11.8 Å². The maximum absolute atomic E-state index is 13.7. The highest BCUT2D eigenvalue weighted by Gasteiger charge is 2.31. The Balaban J connectivity index is 1.80. The van der Waals surface area contributed by atoms with Crippen molar-refractivity contribution in [1.29, 1.82) is 0 Å². The fraction of sp³-hybridized carbons (Fsp3) is 0.400. The summed E-state index contributed by atoms with van der Waals surface area (Å²) in [6, 6.07) is 17.0. The topological polar surface area (TPSA) is 72.2 Å². The highest BCUT2D eigenvalue weighted by atomic mass is 16.5. The summed E-state index contributed by atoms with van der Waals surface area (Å²) in [6.45, 7) is 8.64. The first-order chi connectivity index (χ1) is 17.7. The molecule has 0 unspecified atom stereocenters. The van der Waals surface area contributed by atoms with Gasteiger partial charge in [0.15, 0.2) is 11.5 Å². The monoisotopic (exact) mass is 506 g/mol. The number of hydrogen-bond acceptors (Lipinski definition) is 5. The molecule has 0 aliphatic heterocycles. The van der Waals surface area contributed by atoms with Gasteiger partial charge in [-0.05, 0) is 81.1 Å². The Labute approximate surface area is 220 Å². The number of nitrogens with zero attached hydrogens (tertiary/aromatic N) is 2. The summed E-state index contributed by atoms with van der Waals surface area (Å²) in [6.07, 6.45) is 3.10. The highest BCUT2D eigenvalue weighted by molar-refractivity contribution is 5.97. The zero-order chi connectivity index (χ0) is 27.0. The molecule has 3 aromatic rings. The van der Waals surface area contributed by atoms with Crippen molar-refractivity contribution in [2.24, 2.45) is 0 Å². The van der Waals surface area contributed by atoms with Gasteiger partial charge in [0.2, 0.25) is 5.91 Å². The molecule has 0 aliphatic carbocycles. The molecule has 0 saturated carbocycles. The second kappa shape index (κ2) is 12.5. The minimum atomic E-state index is -0.546. The predicted octanol–water partition coefficient (Wildman–Crippen LogP) is 5.37. The summed E-state index contributed by atoms with van der Waals surface area (Å²) in [5.74, 6) is 1.67.